The first kappa shape index (κ1) is 22.1. The molecule has 1 fully saturated rings. The molecule has 9 heteroatoms. The van der Waals surface area contributed by atoms with E-state index in [1.807, 2.05) is 29.8 Å². The van der Waals surface area contributed by atoms with Gasteiger partial charge in [-0.15, -0.1) is 0 Å². The second-order valence-corrected chi connectivity index (χ2v) is 10.3. The highest BCUT2D eigenvalue weighted by atomic mass is 32.2. The number of rotatable bonds is 10. The molecule has 0 radical (unpaired) electrons. The Balaban J connectivity index is 1.18. The van der Waals surface area contributed by atoms with E-state index < -0.39 is 10.2 Å². The third-order valence-corrected chi connectivity index (χ3v) is 8.23. The van der Waals surface area contributed by atoms with Crippen LogP contribution in [-0.4, -0.2) is 51.3 Å². The van der Waals surface area contributed by atoms with Crippen LogP contribution in [0.1, 0.15) is 43.7 Å². The molecule has 1 saturated heterocycles. The van der Waals surface area contributed by atoms with Crippen LogP contribution >= 0.6 is 11.3 Å². The number of fused-ring (bicyclic) bond motifs is 1. The number of benzene rings is 1. The largest absolute Gasteiger partial charge is 0.494 e. The lowest BCUT2D eigenvalue weighted by Crippen LogP contribution is -2.33. The van der Waals surface area contributed by atoms with Gasteiger partial charge in [0, 0.05) is 30.6 Å². The molecule has 0 amide bonds. The molecule has 0 saturated carbocycles. The first-order chi connectivity index (χ1) is 15.1. The molecule has 7 nitrogen and oxygen atoms in total. The summed E-state index contributed by atoms with van der Waals surface area (Å²) in [5.74, 6) is 0.880. The molecule has 1 aliphatic carbocycles. The van der Waals surface area contributed by atoms with E-state index in [-0.39, 0.29) is 0 Å². The summed E-state index contributed by atoms with van der Waals surface area (Å²) in [7, 11) is -3.38. The first-order valence-electron chi connectivity index (χ1n) is 10.8. The molecule has 1 aromatic heterocycles. The third-order valence-electron chi connectivity index (χ3n) is 5.59. The Morgan fingerprint density at radius 2 is 2.03 bits per heavy atom. The van der Waals surface area contributed by atoms with E-state index in [4.69, 9.17) is 9.57 Å². The number of thiophene rings is 1. The van der Waals surface area contributed by atoms with Gasteiger partial charge in [0.2, 0.25) is 0 Å². The number of unbranched alkanes of at least 4 members (excludes halogenated alkanes) is 2. The molecule has 1 aromatic carbocycles. The fraction of sp³-hybridized carbons (Fsp3) is 0.500. The van der Waals surface area contributed by atoms with Gasteiger partial charge in [-0.25, -0.2) is 0 Å². The van der Waals surface area contributed by atoms with Crippen molar-refractivity contribution >= 4 is 32.9 Å². The number of oxime groups is 1. The standard InChI is InChI=1S/C22H29N3O4S2/c1-2-29-23-22-9-6-18-16-20(7-8-21(18)22)28-14-5-3-4-11-24-12-13-25(31(24,26)27)19-10-15-30-17-19/h7-8,10,15-17H,2-6,9,11-14H2,1H3. The summed E-state index contributed by atoms with van der Waals surface area (Å²) in [5, 5.41) is 7.98. The minimum atomic E-state index is -3.38. The van der Waals surface area contributed by atoms with E-state index in [1.54, 1.807) is 4.31 Å². The van der Waals surface area contributed by atoms with Gasteiger partial charge in [-0.05, 0) is 74.2 Å². The molecule has 4 rings (SSSR count). The minimum absolute atomic E-state index is 0.525. The van der Waals surface area contributed by atoms with Gasteiger partial charge < -0.3 is 9.57 Å². The molecule has 1 aliphatic heterocycles. The van der Waals surface area contributed by atoms with E-state index in [0.717, 1.165) is 54.8 Å². The quantitative estimate of drug-likeness (QED) is 0.394. The van der Waals surface area contributed by atoms with Crippen LogP contribution < -0.4 is 9.04 Å². The van der Waals surface area contributed by atoms with Gasteiger partial charge in [0.1, 0.15) is 12.4 Å². The molecular weight excluding hydrogens is 434 g/mol. The van der Waals surface area contributed by atoms with E-state index in [9.17, 15) is 8.42 Å². The Morgan fingerprint density at radius 3 is 2.84 bits per heavy atom. The van der Waals surface area contributed by atoms with Gasteiger partial charge in [-0.1, -0.05) is 5.16 Å². The fourth-order valence-corrected chi connectivity index (χ4v) is 6.34. The molecule has 0 spiro atoms. The van der Waals surface area contributed by atoms with Crippen molar-refractivity contribution in [2.24, 2.45) is 5.16 Å². The molecule has 168 valence electrons. The van der Waals surface area contributed by atoms with E-state index >= 15 is 0 Å². The Bertz CT molecular complexity index is 1010. The lowest BCUT2D eigenvalue weighted by molar-refractivity contribution is 0.158. The molecule has 0 unspecified atom stereocenters. The highest BCUT2D eigenvalue weighted by Gasteiger charge is 2.36. The van der Waals surface area contributed by atoms with E-state index in [2.05, 4.69) is 17.3 Å². The predicted octanol–water partition coefficient (Wildman–Crippen LogP) is 4.05. The van der Waals surface area contributed by atoms with Gasteiger partial charge in [0.05, 0.1) is 18.0 Å². The molecule has 2 aromatic rings. The van der Waals surface area contributed by atoms with Crippen LogP contribution in [0.15, 0.2) is 40.2 Å². The maximum absolute atomic E-state index is 12.7. The Hall–Kier alpha value is -2.10. The van der Waals surface area contributed by atoms with Crippen molar-refractivity contribution in [2.45, 2.75) is 39.0 Å². The zero-order valence-corrected chi connectivity index (χ0v) is 19.5. The molecule has 2 heterocycles. The van der Waals surface area contributed by atoms with Crippen molar-refractivity contribution in [3.05, 3.63) is 46.2 Å². The normalized spacial score (nSPS) is 19.1. The minimum Gasteiger partial charge on any atom is -0.494 e. The van der Waals surface area contributed by atoms with Crippen LogP contribution in [0, 0.1) is 0 Å². The number of nitrogens with zero attached hydrogens (tertiary/aromatic N) is 3. The zero-order valence-electron chi connectivity index (χ0n) is 17.8. The summed E-state index contributed by atoms with van der Waals surface area (Å²) < 4.78 is 34.4. The third kappa shape index (κ3) is 5.05. The van der Waals surface area contributed by atoms with Crippen LogP contribution in [0.3, 0.4) is 0 Å². The molecule has 0 N–H and O–H groups in total. The van der Waals surface area contributed by atoms with Gasteiger partial charge in [0.15, 0.2) is 0 Å². The fourth-order valence-electron chi connectivity index (χ4n) is 3.99. The van der Waals surface area contributed by atoms with E-state index in [1.165, 1.54) is 21.2 Å². The molecule has 2 aliphatic rings. The maximum atomic E-state index is 12.7. The van der Waals surface area contributed by atoms with Gasteiger partial charge in [-0.2, -0.15) is 24.1 Å². The van der Waals surface area contributed by atoms with E-state index in [0.29, 0.717) is 32.8 Å². The summed E-state index contributed by atoms with van der Waals surface area (Å²) in [6.07, 6.45) is 4.53. The van der Waals surface area contributed by atoms with Crippen molar-refractivity contribution in [1.29, 1.82) is 0 Å². The number of aryl methyl sites for hydroxylation is 1. The Labute approximate surface area is 188 Å². The van der Waals surface area contributed by atoms with Crippen molar-refractivity contribution < 1.29 is 18.0 Å². The lowest BCUT2D eigenvalue weighted by atomic mass is 10.1. The summed E-state index contributed by atoms with van der Waals surface area (Å²) in [4.78, 5) is 5.19. The van der Waals surface area contributed by atoms with Gasteiger partial charge in [0.25, 0.3) is 0 Å². The monoisotopic (exact) mass is 463 g/mol. The molecule has 0 bridgehead atoms. The Morgan fingerprint density at radius 1 is 1.13 bits per heavy atom. The average molecular weight is 464 g/mol. The summed E-state index contributed by atoms with van der Waals surface area (Å²) in [6.45, 7) is 4.78. The smallest absolute Gasteiger partial charge is 0.304 e. The van der Waals surface area contributed by atoms with Gasteiger partial charge >= 0.3 is 10.2 Å². The number of anilines is 1. The zero-order chi connectivity index (χ0) is 21.7. The molecule has 0 atom stereocenters. The first-order valence-corrected chi connectivity index (χ1v) is 13.2. The van der Waals surface area contributed by atoms with Crippen molar-refractivity contribution in [3.63, 3.8) is 0 Å². The number of hydrogen-bond acceptors (Lipinski definition) is 6. The summed E-state index contributed by atoms with van der Waals surface area (Å²) >= 11 is 1.51. The Kier molecular flexibility index (Phi) is 7.14. The average Bonchev–Trinajstić information content (AvgIpc) is 3.48. The molecule has 31 heavy (non-hydrogen) atoms. The summed E-state index contributed by atoms with van der Waals surface area (Å²) in [5.41, 5.74) is 4.19. The summed E-state index contributed by atoms with van der Waals surface area (Å²) in [6, 6.07) is 8.00. The lowest BCUT2D eigenvalue weighted by Gasteiger charge is -2.18. The van der Waals surface area contributed by atoms with Crippen LogP contribution in [0.4, 0.5) is 5.69 Å². The second kappa shape index (κ2) is 10.0. The molecular formula is C22H29N3O4S2. The van der Waals surface area contributed by atoms with Gasteiger partial charge in [-0.3, -0.25) is 4.31 Å². The number of hydrogen-bond donors (Lipinski definition) is 0. The second-order valence-electron chi connectivity index (χ2n) is 7.64. The maximum Gasteiger partial charge on any atom is 0.304 e. The number of ether oxygens (including phenoxy) is 1. The predicted molar refractivity (Wildman–Crippen MR) is 124 cm³/mol. The van der Waals surface area contributed by atoms with Crippen LogP contribution in [0.25, 0.3) is 0 Å². The SMILES string of the molecule is CCON=C1CCc2cc(OCCCCCN3CCN(c4ccsc4)S3(=O)=O)ccc21. The van der Waals surface area contributed by atoms with Crippen molar-refractivity contribution in [2.75, 3.05) is 37.2 Å². The van der Waals surface area contributed by atoms with Crippen molar-refractivity contribution in [1.82, 2.24) is 4.31 Å². The highest BCUT2D eigenvalue weighted by Crippen LogP contribution is 2.28. The highest BCUT2D eigenvalue weighted by molar-refractivity contribution is 7.90. The van der Waals surface area contributed by atoms with Crippen LogP contribution in [-0.2, 0) is 21.5 Å². The van der Waals surface area contributed by atoms with Crippen LogP contribution in [0.2, 0.25) is 0 Å². The van der Waals surface area contributed by atoms with Crippen LogP contribution in [0.5, 0.6) is 5.75 Å². The van der Waals surface area contributed by atoms with Crippen molar-refractivity contribution in [3.8, 4) is 5.75 Å². The topological polar surface area (TPSA) is 71.4 Å².